The number of hydrogen-bond donors (Lipinski definition) is 1. The topological polar surface area (TPSA) is 50.8 Å². The van der Waals surface area contributed by atoms with Crippen molar-refractivity contribution in [3.63, 3.8) is 0 Å². The van der Waals surface area contributed by atoms with E-state index in [0.29, 0.717) is 18.4 Å². The van der Waals surface area contributed by atoms with Crippen molar-refractivity contribution in [1.82, 2.24) is 10.2 Å². The van der Waals surface area contributed by atoms with Gasteiger partial charge in [-0.3, -0.25) is 4.79 Å². The molecule has 2 rings (SSSR count). The number of nitrogens with one attached hydrogen (secondary N) is 1. The SMILES string of the molecule is CCCOc1ccc(OCC(=O)N2CCNC(C)C2)cc1. The Morgan fingerprint density at radius 3 is 2.57 bits per heavy atom. The Morgan fingerprint density at radius 2 is 1.95 bits per heavy atom. The van der Waals surface area contributed by atoms with Crippen LogP contribution in [0.25, 0.3) is 0 Å². The first-order chi connectivity index (χ1) is 10.2. The molecular formula is C16H24N2O3. The van der Waals surface area contributed by atoms with Crippen molar-refractivity contribution in [3.8, 4) is 11.5 Å². The van der Waals surface area contributed by atoms with Crippen molar-refractivity contribution in [2.45, 2.75) is 26.3 Å². The first-order valence-corrected chi connectivity index (χ1v) is 7.56. The van der Waals surface area contributed by atoms with Crippen molar-refractivity contribution in [2.75, 3.05) is 32.8 Å². The molecule has 0 aliphatic carbocycles. The normalized spacial score (nSPS) is 18.4. The number of amides is 1. The summed E-state index contributed by atoms with van der Waals surface area (Å²) in [5.41, 5.74) is 0. The zero-order valence-electron chi connectivity index (χ0n) is 12.8. The Morgan fingerprint density at radius 1 is 1.29 bits per heavy atom. The van der Waals surface area contributed by atoms with Crippen molar-refractivity contribution in [3.05, 3.63) is 24.3 Å². The fourth-order valence-electron chi connectivity index (χ4n) is 2.25. The lowest BCUT2D eigenvalue weighted by Gasteiger charge is -2.31. The van der Waals surface area contributed by atoms with Crippen LogP contribution in [0.3, 0.4) is 0 Å². The van der Waals surface area contributed by atoms with Crippen LogP contribution in [0.1, 0.15) is 20.3 Å². The van der Waals surface area contributed by atoms with Crippen molar-refractivity contribution < 1.29 is 14.3 Å². The molecule has 0 bridgehead atoms. The first-order valence-electron chi connectivity index (χ1n) is 7.56. The second-order valence-corrected chi connectivity index (χ2v) is 5.30. The number of carbonyl (C=O) groups excluding carboxylic acids is 1. The summed E-state index contributed by atoms with van der Waals surface area (Å²) in [4.78, 5) is 13.9. The number of nitrogens with zero attached hydrogens (tertiary/aromatic N) is 1. The van der Waals surface area contributed by atoms with E-state index in [1.807, 2.05) is 29.2 Å². The Kier molecular flexibility index (Phi) is 5.87. The second kappa shape index (κ2) is 7.88. The summed E-state index contributed by atoms with van der Waals surface area (Å²) in [5.74, 6) is 1.55. The van der Waals surface area contributed by atoms with Gasteiger partial charge in [-0.25, -0.2) is 0 Å². The molecule has 5 nitrogen and oxygen atoms in total. The van der Waals surface area contributed by atoms with Gasteiger partial charge in [0.1, 0.15) is 11.5 Å². The highest BCUT2D eigenvalue weighted by atomic mass is 16.5. The molecule has 116 valence electrons. The number of piperazine rings is 1. The number of carbonyl (C=O) groups is 1. The van der Waals surface area contributed by atoms with E-state index in [1.165, 1.54) is 0 Å². The lowest BCUT2D eigenvalue weighted by Crippen LogP contribution is -2.52. The second-order valence-electron chi connectivity index (χ2n) is 5.30. The van der Waals surface area contributed by atoms with E-state index in [-0.39, 0.29) is 12.5 Å². The van der Waals surface area contributed by atoms with Gasteiger partial charge in [0.05, 0.1) is 6.61 Å². The molecule has 0 spiro atoms. The molecular weight excluding hydrogens is 268 g/mol. The average molecular weight is 292 g/mol. The monoisotopic (exact) mass is 292 g/mol. The highest BCUT2D eigenvalue weighted by molar-refractivity contribution is 5.78. The third-order valence-corrected chi connectivity index (χ3v) is 3.38. The summed E-state index contributed by atoms with van der Waals surface area (Å²) in [7, 11) is 0. The highest BCUT2D eigenvalue weighted by Gasteiger charge is 2.20. The van der Waals surface area contributed by atoms with Gasteiger partial charge in [-0.2, -0.15) is 0 Å². The van der Waals surface area contributed by atoms with E-state index in [2.05, 4.69) is 19.2 Å². The van der Waals surface area contributed by atoms with Crippen LogP contribution in [0.15, 0.2) is 24.3 Å². The number of ether oxygens (including phenoxy) is 2. The Labute approximate surface area is 126 Å². The third-order valence-electron chi connectivity index (χ3n) is 3.38. The molecule has 1 unspecified atom stereocenters. The smallest absolute Gasteiger partial charge is 0.260 e. The van der Waals surface area contributed by atoms with E-state index < -0.39 is 0 Å². The molecule has 1 amide bonds. The lowest BCUT2D eigenvalue weighted by molar-refractivity contribution is -0.134. The molecule has 5 heteroatoms. The third kappa shape index (κ3) is 4.93. The van der Waals surface area contributed by atoms with Gasteiger partial charge in [0.15, 0.2) is 6.61 Å². The van der Waals surface area contributed by atoms with Gasteiger partial charge in [-0.15, -0.1) is 0 Å². The van der Waals surface area contributed by atoms with Gasteiger partial charge >= 0.3 is 0 Å². The molecule has 1 aromatic carbocycles. The Bertz CT molecular complexity index is 447. The molecule has 1 aromatic rings. The molecule has 0 radical (unpaired) electrons. The van der Waals surface area contributed by atoms with E-state index in [1.54, 1.807) is 0 Å². The van der Waals surface area contributed by atoms with E-state index in [4.69, 9.17) is 9.47 Å². The van der Waals surface area contributed by atoms with Crippen LogP contribution in [0.4, 0.5) is 0 Å². The maximum absolute atomic E-state index is 12.1. The summed E-state index contributed by atoms with van der Waals surface area (Å²) in [6, 6.07) is 7.74. The van der Waals surface area contributed by atoms with Crippen molar-refractivity contribution >= 4 is 5.91 Å². The van der Waals surface area contributed by atoms with E-state index >= 15 is 0 Å². The van der Waals surface area contributed by atoms with Gasteiger partial charge in [-0.1, -0.05) is 6.92 Å². The average Bonchev–Trinajstić information content (AvgIpc) is 2.51. The summed E-state index contributed by atoms with van der Waals surface area (Å²) < 4.78 is 11.1. The van der Waals surface area contributed by atoms with Crippen LogP contribution in [-0.2, 0) is 4.79 Å². The van der Waals surface area contributed by atoms with E-state index in [9.17, 15) is 4.79 Å². The fraction of sp³-hybridized carbons (Fsp3) is 0.562. The summed E-state index contributed by atoms with van der Waals surface area (Å²) in [5, 5.41) is 3.31. The Hall–Kier alpha value is -1.75. The van der Waals surface area contributed by atoms with Crippen LogP contribution in [-0.4, -0.2) is 49.7 Å². The quantitative estimate of drug-likeness (QED) is 0.866. The maximum Gasteiger partial charge on any atom is 0.260 e. The van der Waals surface area contributed by atoms with Crippen LogP contribution in [0.2, 0.25) is 0 Å². The van der Waals surface area contributed by atoms with Gasteiger partial charge in [0.25, 0.3) is 5.91 Å². The van der Waals surface area contributed by atoms with Gasteiger partial charge in [0.2, 0.25) is 0 Å². The molecule has 1 N–H and O–H groups in total. The largest absolute Gasteiger partial charge is 0.494 e. The minimum Gasteiger partial charge on any atom is -0.494 e. The lowest BCUT2D eigenvalue weighted by atomic mass is 10.2. The molecule has 1 fully saturated rings. The van der Waals surface area contributed by atoms with Crippen LogP contribution < -0.4 is 14.8 Å². The summed E-state index contributed by atoms with van der Waals surface area (Å²) in [6.07, 6.45) is 0.982. The number of rotatable bonds is 6. The molecule has 0 saturated carbocycles. The van der Waals surface area contributed by atoms with Gasteiger partial charge in [-0.05, 0) is 37.6 Å². The predicted molar refractivity (Wildman–Crippen MR) is 81.8 cm³/mol. The van der Waals surface area contributed by atoms with Gasteiger partial charge < -0.3 is 19.7 Å². The van der Waals surface area contributed by atoms with Crippen LogP contribution >= 0.6 is 0 Å². The maximum atomic E-state index is 12.1. The minimum absolute atomic E-state index is 0.0367. The molecule has 1 aliphatic rings. The highest BCUT2D eigenvalue weighted by Crippen LogP contribution is 2.17. The zero-order valence-corrected chi connectivity index (χ0v) is 12.8. The number of benzene rings is 1. The van der Waals surface area contributed by atoms with E-state index in [0.717, 1.165) is 31.8 Å². The van der Waals surface area contributed by atoms with Crippen LogP contribution in [0.5, 0.6) is 11.5 Å². The first kappa shape index (κ1) is 15.6. The number of hydrogen-bond acceptors (Lipinski definition) is 4. The zero-order chi connectivity index (χ0) is 15.1. The summed E-state index contributed by atoms with van der Waals surface area (Å²) in [6.45, 7) is 7.27. The molecule has 0 aromatic heterocycles. The standard InChI is InChI=1S/C16H24N2O3/c1-3-10-20-14-4-6-15(7-5-14)21-12-16(19)18-9-8-17-13(2)11-18/h4-7,13,17H,3,8-12H2,1-2H3. The Balaban J connectivity index is 1.78. The molecule has 1 aliphatic heterocycles. The predicted octanol–water partition coefficient (Wildman–Crippen LogP) is 1.67. The van der Waals surface area contributed by atoms with Crippen molar-refractivity contribution in [2.24, 2.45) is 0 Å². The summed E-state index contributed by atoms with van der Waals surface area (Å²) >= 11 is 0. The molecule has 1 atom stereocenters. The van der Waals surface area contributed by atoms with Gasteiger partial charge in [0, 0.05) is 25.7 Å². The van der Waals surface area contributed by atoms with Crippen LogP contribution in [0, 0.1) is 0 Å². The molecule has 1 heterocycles. The van der Waals surface area contributed by atoms with Crippen molar-refractivity contribution in [1.29, 1.82) is 0 Å². The molecule has 1 saturated heterocycles. The molecule has 21 heavy (non-hydrogen) atoms. The fourth-order valence-corrected chi connectivity index (χ4v) is 2.25. The minimum atomic E-state index is 0.0367.